The lowest BCUT2D eigenvalue weighted by molar-refractivity contribution is -0.162. The van der Waals surface area contributed by atoms with Crippen molar-refractivity contribution in [1.29, 1.82) is 0 Å². The van der Waals surface area contributed by atoms with Gasteiger partial charge >= 0.3 is 12.1 Å². The molecule has 0 aromatic heterocycles. The maximum Gasteiger partial charge on any atom is 0.414 e. The molecule has 1 fully saturated rings. The number of cyclic esters (lactones) is 1. The maximum atomic E-state index is 14.9. The summed E-state index contributed by atoms with van der Waals surface area (Å²) in [5.41, 5.74) is 1.34. The lowest BCUT2D eigenvalue weighted by Gasteiger charge is -2.29. The Bertz CT molecular complexity index is 1050. The number of ether oxygens (including phenoxy) is 2. The Kier molecular flexibility index (Phi) is 7.64. The fourth-order valence-electron chi connectivity index (χ4n) is 3.78. The molecule has 10 nitrogen and oxygen atoms in total. The van der Waals surface area contributed by atoms with E-state index in [1.807, 2.05) is 0 Å². The van der Waals surface area contributed by atoms with Crippen molar-refractivity contribution >= 4 is 40.9 Å². The van der Waals surface area contributed by atoms with Gasteiger partial charge in [-0.05, 0) is 37.1 Å². The highest BCUT2D eigenvalue weighted by atomic mass is 19.1. The quantitative estimate of drug-likeness (QED) is 0.468. The van der Waals surface area contributed by atoms with Crippen molar-refractivity contribution in [2.75, 3.05) is 31.1 Å². The second-order valence-electron chi connectivity index (χ2n) is 8.08. The van der Waals surface area contributed by atoms with E-state index in [2.05, 4.69) is 5.32 Å². The van der Waals surface area contributed by atoms with Crippen LogP contribution in [0, 0.1) is 5.82 Å². The minimum absolute atomic E-state index is 0.129. The van der Waals surface area contributed by atoms with Gasteiger partial charge in [0.1, 0.15) is 11.9 Å². The van der Waals surface area contributed by atoms with Crippen LogP contribution in [0.25, 0.3) is 5.57 Å². The molecule has 0 aliphatic carbocycles. The Morgan fingerprint density at radius 2 is 1.97 bits per heavy atom. The molecule has 0 saturated carbocycles. The Balaban J connectivity index is 1.68. The van der Waals surface area contributed by atoms with Gasteiger partial charge in [0.2, 0.25) is 12.0 Å². The average Bonchev–Trinajstić information content (AvgIpc) is 3.16. The van der Waals surface area contributed by atoms with Gasteiger partial charge in [-0.2, -0.15) is 0 Å². The maximum absolute atomic E-state index is 14.9. The van der Waals surface area contributed by atoms with Crippen molar-refractivity contribution in [2.24, 2.45) is 0 Å². The lowest BCUT2D eigenvalue weighted by atomic mass is 9.98. The van der Waals surface area contributed by atoms with Crippen LogP contribution in [0.15, 0.2) is 24.3 Å². The summed E-state index contributed by atoms with van der Waals surface area (Å²) in [7, 11) is 0. The summed E-state index contributed by atoms with van der Waals surface area (Å²) in [6.07, 6.45) is -0.635. The van der Waals surface area contributed by atoms with Gasteiger partial charge in [-0.3, -0.25) is 24.1 Å². The number of halogens is 1. The molecule has 3 rings (SSSR count). The second-order valence-corrected chi connectivity index (χ2v) is 8.08. The van der Waals surface area contributed by atoms with Crippen LogP contribution in [-0.4, -0.2) is 72.9 Å². The Hall–Kier alpha value is -3.76. The molecule has 11 heteroatoms. The van der Waals surface area contributed by atoms with E-state index in [1.165, 1.54) is 29.7 Å². The average molecular weight is 475 g/mol. The van der Waals surface area contributed by atoms with E-state index in [0.29, 0.717) is 23.2 Å². The van der Waals surface area contributed by atoms with E-state index in [0.717, 1.165) is 6.92 Å². The summed E-state index contributed by atoms with van der Waals surface area (Å²) >= 11 is 0. The van der Waals surface area contributed by atoms with Crippen LogP contribution in [0.3, 0.4) is 0 Å². The summed E-state index contributed by atoms with van der Waals surface area (Å²) in [5.74, 6) is -2.70. The number of rotatable bonds is 7. The molecule has 2 aliphatic rings. The smallest absolute Gasteiger partial charge is 0.414 e. The van der Waals surface area contributed by atoms with Crippen LogP contribution >= 0.6 is 0 Å². The van der Waals surface area contributed by atoms with Gasteiger partial charge < -0.3 is 19.7 Å². The molecule has 1 unspecified atom stereocenters. The normalized spacial score (nSPS) is 18.6. The molecular weight excluding hydrogens is 449 g/mol. The molecule has 1 aromatic rings. The van der Waals surface area contributed by atoms with Crippen molar-refractivity contribution in [3.8, 4) is 0 Å². The predicted octanol–water partition coefficient (Wildman–Crippen LogP) is 1.42. The van der Waals surface area contributed by atoms with Crippen molar-refractivity contribution < 1.29 is 37.8 Å². The second kappa shape index (κ2) is 10.4. The number of hydrogen-bond donors (Lipinski definition) is 1. The van der Waals surface area contributed by atoms with Crippen LogP contribution in [-0.2, 0) is 28.7 Å². The standard InChI is InChI=1S/C23H26FN3O7/c1-13(28)21(33-15(3)30)22(31)26-8-6-16(7-9-26)19-5-4-17(10-20(19)24)27-12-18(34-23(27)32)11-25-14(2)29/h4-6,10,18,21H,7-9,11-12H2,1-3H3,(H,25,29)/t18-,21?/m0/s1. The number of ketones is 1. The van der Waals surface area contributed by atoms with Gasteiger partial charge in [0.15, 0.2) is 5.78 Å². The fourth-order valence-corrected chi connectivity index (χ4v) is 3.78. The molecule has 1 N–H and O–H groups in total. The number of anilines is 1. The van der Waals surface area contributed by atoms with Gasteiger partial charge in [0, 0.05) is 32.5 Å². The SMILES string of the molecule is CC(=O)NC[C@H]1CN(c2ccc(C3=CCN(C(=O)C(OC(C)=O)C(C)=O)CC3)c(F)c2)C(=O)O1. The van der Waals surface area contributed by atoms with Crippen LogP contribution in [0.5, 0.6) is 0 Å². The topological polar surface area (TPSA) is 122 Å². The zero-order chi connectivity index (χ0) is 25.0. The summed E-state index contributed by atoms with van der Waals surface area (Å²) < 4.78 is 25.0. The summed E-state index contributed by atoms with van der Waals surface area (Å²) in [6, 6.07) is 4.40. The number of benzene rings is 1. The highest BCUT2D eigenvalue weighted by Crippen LogP contribution is 2.30. The van der Waals surface area contributed by atoms with E-state index >= 15 is 0 Å². The monoisotopic (exact) mass is 475 g/mol. The number of Topliss-reactive ketones (excluding diaryl/α,β-unsaturated/α-hetero) is 1. The van der Waals surface area contributed by atoms with Gasteiger partial charge in [-0.1, -0.05) is 6.08 Å². The van der Waals surface area contributed by atoms with Crippen molar-refractivity contribution in [2.45, 2.75) is 39.4 Å². The first-order valence-electron chi connectivity index (χ1n) is 10.7. The van der Waals surface area contributed by atoms with E-state index < -0.39 is 41.8 Å². The Morgan fingerprint density at radius 1 is 1.24 bits per heavy atom. The largest absolute Gasteiger partial charge is 0.444 e. The first-order valence-corrected chi connectivity index (χ1v) is 10.7. The molecule has 2 heterocycles. The molecule has 1 saturated heterocycles. The first kappa shape index (κ1) is 24.9. The van der Waals surface area contributed by atoms with Crippen LogP contribution in [0.4, 0.5) is 14.9 Å². The zero-order valence-electron chi connectivity index (χ0n) is 19.1. The van der Waals surface area contributed by atoms with Gasteiger partial charge in [-0.25, -0.2) is 9.18 Å². The Labute approximate surface area is 195 Å². The van der Waals surface area contributed by atoms with E-state index in [9.17, 15) is 28.4 Å². The molecule has 3 amide bonds. The third-order valence-electron chi connectivity index (χ3n) is 5.46. The van der Waals surface area contributed by atoms with Crippen LogP contribution < -0.4 is 10.2 Å². The van der Waals surface area contributed by atoms with Gasteiger partial charge in [0.25, 0.3) is 5.91 Å². The molecule has 0 bridgehead atoms. The van der Waals surface area contributed by atoms with Crippen LogP contribution in [0.2, 0.25) is 0 Å². The minimum atomic E-state index is -1.49. The molecule has 34 heavy (non-hydrogen) atoms. The van der Waals surface area contributed by atoms with Crippen molar-refractivity contribution in [1.82, 2.24) is 10.2 Å². The molecule has 0 spiro atoms. The molecule has 1 aromatic carbocycles. The lowest BCUT2D eigenvalue weighted by Crippen LogP contribution is -2.46. The molecule has 2 aliphatic heterocycles. The number of nitrogens with one attached hydrogen (secondary N) is 1. The van der Waals surface area contributed by atoms with E-state index in [-0.39, 0.29) is 32.1 Å². The number of carbonyl (C=O) groups excluding carboxylic acids is 5. The van der Waals surface area contributed by atoms with E-state index in [1.54, 1.807) is 18.2 Å². The van der Waals surface area contributed by atoms with Gasteiger partial charge in [0.05, 0.1) is 18.8 Å². The fraction of sp³-hybridized carbons (Fsp3) is 0.435. The van der Waals surface area contributed by atoms with Crippen molar-refractivity contribution in [3.63, 3.8) is 0 Å². The van der Waals surface area contributed by atoms with Crippen molar-refractivity contribution in [3.05, 3.63) is 35.7 Å². The first-order chi connectivity index (χ1) is 16.1. The summed E-state index contributed by atoms with van der Waals surface area (Å²) in [6.45, 7) is 4.35. The van der Waals surface area contributed by atoms with Gasteiger partial charge in [-0.15, -0.1) is 0 Å². The molecule has 2 atom stereocenters. The van der Waals surface area contributed by atoms with Crippen LogP contribution in [0.1, 0.15) is 32.8 Å². The Morgan fingerprint density at radius 3 is 2.53 bits per heavy atom. The summed E-state index contributed by atoms with van der Waals surface area (Å²) in [4.78, 5) is 61.4. The highest BCUT2D eigenvalue weighted by molar-refractivity contribution is 6.04. The molecular formula is C23H26FN3O7. The number of amides is 3. The van der Waals surface area contributed by atoms with E-state index in [4.69, 9.17) is 9.47 Å². The predicted molar refractivity (Wildman–Crippen MR) is 118 cm³/mol. The number of carbonyl (C=O) groups is 5. The zero-order valence-corrected chi connectivity index (χ0v) is 19.1. The number of esters is 1. The third-order valence-corrected chi connectivity index (χ3v) is 5.46. The molecule has 0 radical (unpaired) electrons. The third kappa shape index (κ3) is 5.77. The highest BCUT2D eigenvalue weighted by Gasteiger charge is 2.34. The number of nitrogens with zero attached hydrogens (tertiary/aromatic N) is 2. The minimum Gasteiger partial charge on any atom is -0.444 e. The summed E-state index contributed by atoms with van der Waals surface area (Å²) in [5, 5.41) is 2.58. The number of hydrogen-bond acceptors (Lipinski definition) is 7. The molecule has 182 valence electrons.